The van der Waals surface area contributed by atoms with Gasteiger partial charge in [0.25, 0.3) is 0 Å². The van der Waals surface area contributed by atoms with Crippen molar-refractivity contribution in [3.8, 4) is 11.5 Å². The molecule has 0 spiro atoms. The molecule has 170 valence electrons. The van der Waals surface area contributed by atoms with E-state index in [1.807, 2.05) is 48.5 Å². The highest BCUT2D eigenvalue weighted by molar-refractivity contribution is 7.80. The maximum Gasteiger partial charge on any atom is 0.193 e. The minimum absolute atomic E-state index is 0.0332. The number of rotatable bonds is 6. The van der Waals surface area contributed by atoms with Crippen molar-refractivity contribution in [2.24, 2.45) is 0 Å². The van der Waals surface area contributed by atoms with E-state index in [-0.39, 0.29) is 17.0 Å². The van der Waals surface area contributed by atoms with Crippen molar-refractivity contribution in [2.75, 3.05) is 0 Å². The van der Waals surface area contributed by atoms with Crippen LogP contribution in [0.1, 0.15) is 58.2 Å². The zero-order valence-electron chi connectivity index (χ0n) is 19.4. The third kappa shape index (κ3) is 5.46. The van der Waals surface area contributed by atoms with E-state index in [2.05, 4.69) is 33.4 Å². The van der Waals surface area contributed by atoms with E-state index in [1.165, 1.54) is 5.56 Å². The Kier molecular flexibility index (Phi) is 6.71. The molecule has 4 rings (SSSR count). The SMILES string of the molecule is CC(C)(C)c1ccc(C(=O)c2ccc(C(=O)c3ccc(Oc4cccc(S)c4)cc3)cc2)cc1. The molecule has 0 saturated carbocycles. The molecule has 0 atom stereocenters. The lowest BCUT2D eigenvalue weighted by Gasteiger charge is -2.19. The Morgan fingerprint density at radius 2 is 1.06 bits per heavy atom. The van der Waals surface area contributed by atoms with Gasteiger partial charge < -0.3 is 4.74 Å². The fourth-order valence-electron chi connectivity index (χ4n) is 3.59. The summed E-state index contributed by atoms with van der Waals surface area (Å²) in [7, 11) is 0. The lowest BCUT2D eigenvalue weighted by Crippen LogP contribution is -2.11. The predicted octanol–water partition coefficient (Wildman–Crippen LogP) is 7.53. The number of thiol groups is 1. The maximum atomic E-state index is 12.9. The van der Waals surface area contributed by atoms with Gasteiger partial charge in [-0.1, -0.05) is 75.4 Å². The van der Waals surface area contributed by atoms with Gasteiger partial charge in [0.2, 0.25) is 0 Å². The van der Waals surface area contributed by atoms with Crippen LogP contribution in [0.15, 0.2) is 102 Å². The zero-order chi connectivity index (χ0) is 24.3. The average molecular weight is 467 g/mol. The van der Waals surface area contributed by atoms with E-state index < -0.39 is 0 Å². The summed E-state index contributed by atoms with van der Waals surface area (Å²) in [4.78, 5) is 26.6. The van der Waals surface area contributed by atoms with Gasteiger partial charge in [-0.05, 0) is 53.4 Å². The van der Waals surface area contributed by atoms with Crippen LogP contribution in [0.2, 0.25) is 0 Å². The highest BCUT2D eigenvalue weighted by Gasteiger charge is 2.16. The van der Waals surface area contributed by atoms with Crippen molar-refractivity contribution >= 4 is 24.2 Å². The number of ketones is 2. The molecule has 0 bridgehead atoms. The van der Waals surface area contributed by atoms with Crippen LogP contribution < -0.4 is 4.74 Å². The highest BCUT2D eigenvalue weighted by atomic mass is 32.1. The van der Waals surface area contributed by atoms with E-state index >= 15 is 0 Å². The second-order valence-corrected chi connectivity index (χ2v) is 9.70. The molecule has 0 radical (unpaired) electrons. The summed E-state index contributed by atoms with van der Waals surface area (Å²) in [6.45, 7) is 6.42. The number of hydrogen-bond donors (Lipinski definition) is 1. The van der Waals surface area contributed by atoms with Crippen LogP contribution in [0.25, 0.3) is 0 Å². The summed E-state index contributed by atoms with van der Waals surface area (Å²) < 4.78 is 5.81. The minimum Gasteiger partial charge on any atom is -0.457 e. The van der Waals surface area contributed by atoms with Gasteiger partial charge in [0.05, 0.1) is 0 Å². The molecule has 4 aromatic rings. The first kappa shape index (κ1) is 23.5. The number of benzene rings is 4. The molecule has 0 aliphatic carbocycles. The molecule has 0 aliphatic heterocycles. The molecule has 0 amide bonds. The first-order valence-corrected chi connectivity index (χ1v) is 11.5. The largest absolute Gasteiger partial charge is 0.457 e. The first-order chi connectivity index (χ1) is 16.2. The van der Waals surface area contributed by atoms with Crippen molar-refractivity contribution in [2.45, 2.75) is 31.1 Å². The molecule has 3 nitrogen and oxygen atoms in total. The Morgan fingerprint density at radius 1 is 0.618 bits per heavy atom. The lowest BCUT2D eigenvalue weighted by atomic mass is 9.86. The van der Waals surface area contributed by atoms with Crippen LogP contribution in [0, 0.1) is 0 Å². The molecule has 0 N–H and O–H groups in total. The summed E-state index contributed by atoms with van der Waals surface area (Å²) in [6, 6.07) is 28.9. The fraction of sp³-hybridized carbons (Fsp3) is 0.133. The second-order valence-electron chi connectivity index (χ2n) is 9.19. The zero-order valence-corrected chi connectivity index (χ0v) is 20.3. The fourth-order valence-corrected chi connectivity index (χ4v) is 3.80. The minimum atomic E-state index is -0.113. The number of carbonyl (C=O) groups excluding carboxylic acids is 2. The van der Waals surface area contributed by atoms with E-state index in [9.17, 15) is 9.59 Å². The van der Waals surface area contributed by atoms with E-state index in [0.717, 1.165) is 4.90 Å². The Bertz CT molecular complexity index is 1310. The Balaban J connectivity index is 1.45. The van der Waals surface area contributed by atoms with Crippen molar-refractivity contribution < 1.29 is 14.3 Å². The van der Waals surface area contributed by atoms with Gasteiger partial charge in [-0.2, -0.15) is 0 Å². The molecule has 4 heteroatoms. The number of hydrogen-bond acceptors (Lipinski definition) is 4. The van der Waals surface area contributed by atoms with E-state index in [4.69, 9.17) is 4.74 Å². The molecule has 0 unspecified atom stereocenters. The van der Waals surface area contributed by atoms with E-state index in [1.54, 1.807) is 48.5 Å². The molecule has 0 aliphatic rings. The Morgan fingerprint density at radius 3 is 1.50 bits per heavy atom. The van der Waals surface area contributed by atoms with Crippen LogP contribution in [0.4, 0.5) is 0 Å². The molecular weight excluding hydrogens is 440 g/mol. The van der Waals surface area contributed by atoms with Gasteiger partial charge >= 0.3 is 0 Å². The summed E-state index contributed by atoms with van der Waals surface area (Å²) in [5, 5.41) is 0. The van der Waals surface area contributed by atoms with E-state index in [0.29, 0.717) is 33.8 Å². The van der Waals surface area contributed by atoms with Crippen molar-refractivity contribution in [3.63, 3.8) is 0 Å². The molecular formula is C30H26O3S. The quantitative estimate of drug-likeness (QED) is 0.236. The van der Waals surface area contributed by atoms with Crippen molar-refractivity contribution in [3.05, 3.63) is 125 Å². The van der Waals surface area contributed by atoms with Crippen LogP contribution in [0.3, 0.4) is 0 Å². The van der Waals surface area contributed by atoms with Gasteiger partial charge in [-0.3, -0.25) is 9.59 Å². The molecule has 0 fully saturated rings. The maximum absolute atomic E-state index is 12.9. The monoisotopic (exact) mass is 466 g/mol. The third-order valence-corrected chi connectivity index (χ3v) is 5.87. The summed E-state index contributed by atoms with van der Waals surface area (Å²) in [6.07, 6.45) is 0. The van der Waals surface area contributed by atoms with Crippen LogP contribution >= 0.6 is 12.6 Å². The smallest absolute Gasteiger partial charge is 0.193 e. The number of carbonyl (C=O) groups is 2. The Hall–Kier alpha value is -3.63. The van der Waals surface area contributed by atoms with Gasteiger partial charge in [-0.25, -0.2) is 0 Å². The first-order valence-electron chi connectivity index (χ1n) is 11.1. The third-order valence-electron chi connectivity index (χ3n) is 5.59. The normalized spacial score (nSPS) is 11.2. The average Bonchev–Trinajstić information content (AvgIpc) is 2.83. The van der Waals surface area contributed by atoms with Crippen LogP contribution in [-0.4, -0.2) is 11.6 Å². The lowest BCUT2D eigenvalue weighted by molar-refractivity contribution is 0.102. The second kappa shape index (κ2) is 9.70. The van der Waals surface area contributed by atoms with Gasteiger partial charge in [0.15, 0.2) is 11.6 Å². The summed E-state index contributed by atoms with van der Waals surface area (Å²) >= 11 is 4.31. The molecule has 0 saturated heterocycles. The Labute approximate surface area is 205 Å². The molecule has 0 heterocycles. The molecule has 34 heavy (non-hydrogen) atoms. The van der Waals surface area contributed by atoms with Crippen LogP contribution in [0.5, 0.6) is 11.5 Å². The van der Waals surface area contributed by atoms with Crippen molar-refractivity contribution in [1.82, 2.24) is 0 Å². The predicted molar refractivity (Wildman–Crippen MR) is 139 cm³/mol. The summed E-state index contributed by atoms with van der Waals surface area (Å²) in [5.74, 6) is 1.14. The number of ether oxygens (including phenoxy) is 1. The van der Waals surface area contributed by atoms with Crippen molar-refractivity contribution in [1.29, 1.82) is 0 Å². The van der Waals surface area contributed by atoms with Gasteiger partial charge in [0, 0.05) is 27.1 Å². The highest BCUT2D eigenvalue weighted by Crippen LogP contribution is 2.25. The molecule has 4 aromatic carbocycles. The standard InChI is InChI=1S/C30H26O3S/c1-30(2,3)24-15-11-22(12-16-24)28(31)20-7-9-21(10-8-20)29(32)23-13-17-25(18-14-23)33-26-5-4-6-27(34)19-26/h4-19,34H,1-3H3. The van der Waals surface area contributed by atoms with Gasteiger partial charge in [0.1, 0.15) is 11.5 Å². The van der Waals surface area contributed by atoms with Gasteiger partial charge in [-0.15, -0.1) is 12.6 Å². The molecule has 0 aromatic heterocycles. The topological polar surface area (TPSA) is 43.4 Å². The summed E-state index contributed by atoms with van der Waals surface area (Å²) in [5.41, 5.74) is 3.46. The van der Waals surface area contributed by atoms with Crippen LogP contribution in [-0.2, 0) is 5.41 Å².